The number of hydrogen-bond acceptors (Lipinski definition) is 4. The van der Waals surface area contributed by atoms with Crippen molar-refractivity contribution in [3.05, 3.63) is 59.2 Å². The van der Waals surface area contributed by atoms with Crippen molar-refractivity contribution in [1.29, 1.82) is 0 Å². The summed E-state index contributed by atoms with van der Waals surface area (Å²) < 4.78 is 24.3. The molecule has 24 heavy (non-hydrogen) atoms. The number of anilines is 1. The number of benzene rings is 2. The average Bonchev–Trinajstić information content (AvgIpc) is 2.48. The van der Waals surface area contributed by atoms with Crippen molar-refractivity contribution in [3.8, 4) is 0 Å². The van der Waals surface area contributed by atoms with E-state index in [2.05, 4.69) is 5.32 Å². The van der Waals surface area contributed by atoms with Gasteiger partial charge in [0.05, 0.1) is 10.5 Å². The number of carboxylic acids is 1. The highest BCUT2D eigenvalue weighted by atomic mass is 32.2. The molecule has 0 atom stereocenters. The summed E-state index contributed by atoms with van der Waals surface area (Å²) in [6.45, 7) is 1.28. The van der Waals surface area contributed by atoms with Gasteiger partial charge in [-0.1, -0.05) is 30.3 Å². The van der Waals surface area contributed by atoms with Gasteiger partial charge < -0.3 is 10.4 Å². The van der Waals surface area contributed by atoms with Gasteiger partial charge in [0.15, 0.2) is 9.84 Å². The van der Waals surface area contributed by atoms with Gasteiger partial charge >= 0.3 is 5.97 Å². The molecule has 0 fully saturated rings. The normalized spacial score (nSPS) is 11.1. The molecule has 0 heterocycles. The standard InChI is InChI=1S/C17H17NO5S/c1-11(19)18-15-9-13(17(20)21)10-16(24(2,22)23)14(15)8-12-6-4-3-5-7-12/h3-7,9-10H,8H2,1-2H3,(H,18,19)(H,20,21). The summed E-state index contributed by atoms with van der Waals surface area (Å²) in [5.41, 5.74) is 1.20. The van der Waals surface area contributed by atoms with Crippen LogP contribution in [0.15, 0.2) is 47.4 Å². The van der Waals surface area contributed by atoms with Crippen LogP contribution in [0.2, 0.25) is 0 Å². The number of carbonyl (C=O) groups is 2. The van der Waals surface area contributed by atoms with E-state index in [1.54, 1.807) is 0 Å². The van der Waals surface area contributed by atoms with E-state index >= 15 is 0 Å². The van der Waals surface area contributed by atoms with Gasteiger partial charge in [-0.05, 0) is 23.3 Å². The number of hydrogen-bond donors (Lipinski definition) is 2. The molecular weight excluding hydrogens is 330 g/mol. The van der Waals surface area contributed by atoms with E-state index in [-0.39, 0.29) is 22.6 Å². The number of sulfone groups is 1. The third-order valence-corrected chi connectivity index (χ3v) is 4.55. The van der Waals surface area contributed by atoms with E-state index in [0.29, 0.717) is 5.56 Å². The quantitative estimate of drug-likeness (QED) is 0.864. The highest BCUT2D eigenvalue weighted by Gasteiger charge is 2.21. The van der Waals surface area contributed by atoms with Crippen LogP contribution in [0, 0.1) is 0 Å². The lowest BCUT2D eigenvalue weighted by atomic mass is 10.0. The molecule has 0 aliphatic heterocycles. The first-order valence-electron chi connectivity index (χ1n) is 7.10. The monoisotopic (exact) mass is 347 g/mol. The fraction of sp³-hybridized carbons (Fsp3) is 0.176. The van der Waals surface area contributed by atoms with Crippen LogP contribution in [0.1, 0.15) is 28.4 Å². The van der Waals surface area contributed by atoms with Crippen LogP contribution in [0.25, 0.3) is 0 Å². The Hall–Kier alpha value is -2.67. The SMILES string of the molecule is CC(=O)Nc1cc(C(=O)O)cc(S(C)(=O)=O)c1Cc1ccccc1. The molecule has 2 rings (SSSR count). The van der Waals surface area contributed by atoms with Gasteiger partial charge in [-0.15, -0.1) is 0 Å². The minimum Gasteiger partial charge on any atom is -0.478 e. The molecule has 6 nitrogen and oxygen atoms in total. The number of carbonyl (C=O) groups excluding carboxylic acids is 1. The van der Waals surface area contributed by atoms with Crippen molar-refractivity contribution in [3.63, 3.8) is 0 Å². The number of carboxylic acid groups (broad SMARTS) is 1. The van der Waals surface area contributed by atoms with Crippen LogP contribution in [-0.4, -0.2) is 31.7 Å². The summed E-state index contributed by atoms with van der Waals surface area (Å²) in [5, 5.41) is 11.7. The van der Waals surface area contributed by atoms with Crippen molar-refractivity contribution in [2.75, 3.05) is 11.6 Å². The van der Waals surface area contributed by atoms with Crippen molar-refractivity contribution >= 4 is 27.4 Å². The van der Waals surface area contributed by atoms with E-state index in [0.717, 1.165) is 17.9 Å². The van der Waals surface area contributed by atoms with Crippen LogP contribution in [0.3, 0.4) is 0 Å². The molecule has 0 saturated heterocycles. The van der Waals surface area contributed by atoms with Crippen LogP contribution >= 0.6 is 0 Å². The van der Waals surface area contributed by atoms with Crippen LogP contribution in [0.5, 0.6) is 0 Å². The van der Waals surface area contributed by atoms with Gasteiger partial charge in [-0.25, -0.2) is 13.2 Å². The molecule has 0 unspecified atom stereocenters. The fourth-order valence-corrected chi connectivity index (χ4v) is 3.35. The first-order chi connectivity index (χ1) is 11.2. The maximum Gasteiger partial charge on any atom is 0.335 e. The number of aromatic carboxylic acids is 1. The summed E-state index contributed by atoms with van der Waals surface area (Å²) in [5.74, 6) is -1.68. The predicted octanol–water partition coefficient (Wildman–Crippen LogP) is 2.34. The summed E-state index contributed by atoms with van der Waals surface area (Å²) >= 11 is 0. The second kappa shape index (κ2) is 6.84. The molecule has 7 heteroatoms. The minimum atomic E-state index is -3.68. The molecule has 2 aromatic rings. The molecule has 0 saturated carbocycles. The molecule has 2 aromatic carbocycles. The Morgan fingerprint density at radius 3 is 2.25 bits per heavy atom. The van der Waals surface area contributed by atoms with Gasteiger partial charge in [0.1, 0.15) is 0 Å². The zero-order valence-corrected chi connectivity index (χ0v) is 14.1. The second-order valence-corrected chi connectivity index (χ2v) is 7.41. The highest BCUT2D eigenvalue weighted by molar-refractivity contribution is 7.90. The van der Waals surface area contributed by atoms with Crippen molar-refractivity contribution in [2.45, 2.75) is 18.2 Å². The summed E-state index contributed by atoms with van der Waals surface area (Å²) in [4.78, 5) is 22.6. The van der Waals surface area contributed by atoms with Gasteiger partial charge in [-0.2, -0.15) is 0 Å². The lowest BCUT2D eigenvalue weighted by Gasteiger charge is -2.16. The Balaban J connectivity index is 2.71. The maximum absolute atomic E-state index is 12.2. The van der Waals surface area contributed by atoms with Crippen molar-refractivity contribution < 1.29 is 23.1 Å². The van der Waals surface area contributed by atoms with Crippen LogP contribution < -0.4 is 5.32 Å². The summed E-state index contributed by atoms with van der Waals surface area (Å²) in [7, 11) is -3.68. The molecule has 0 aromatic heterocycles. The van der Waals surface area contributed by atoms with Crippen molar-refractivity contribution in [1.82, 2.24) is 0 Å². The topological polar surface area (TPSA) is 101 Å². The molecule has 1 amide bonds. The van der Waals surface area contributed by atoms with Gasteiger partial charge in [0.2, 0.25) is 5.91 Å². The first-order valence-corrected chi connectivity index (χ1v) is 8.99. The highest BCUT2D eigenvalue weighted by Crippen LogP contribution is 2.29. The Labute approximate surface area is 140 Å². The molecule has 126 valence electrons. The molecule has 0 bridgehead atoms. The molecule has 0 aliphatic rings. The van der Waals surface area contributed by atoms with E-state index in [1.165, 1.54) is 13.0 Å². The van der Waals surface area contributed by atoms with Gasteiger partial charge in [0, 0.05) is 25.3 Å². The third-order valence-electron chi connectivity index (χ3n) is 3.39. The maximum atomic E-state index is 12.2. The molecule has 0 spiro atoms. The van der Waals surface area contributed by atoms with E-state index in [9.17, 15) is 23.1 Å². The Bertz CT molecular complexity index is 889. The van der Waals surface area contributed by atoms with E-state index in [4.69, 9.17) is 0 Å². The first kappa shape index (κ1) is 17.7. The largest absolute Gasteiger partial charge is 0.478 e. The predicted molar refractivity (Wildman–Crippen MR) is 90.1 cm³/mol. The third kappa shape index (κ3) is 4.20. The number of nitrogens with one attached hydrogen (secondary N) is 1. The zero-order valence-electron chi connectivity index (χ0n) is 13.2. The van der Waals surface area contributed by atoms with Gasteiger partial charge in [-0.3, -0.25) is 4.79 Å². The molecule has 0 radical (unpaired) electrons. The van der Waals surface area contributed by atoms with Gasteiger partial charge in [0.25, 0.3) is 0 Å². The Morgan fingerprint density at radius 1 is 1.12 bits per heavy atom. The number of amides is 1. The molecular formula is C17H17NO5S. The molecule has 2 N–H and O–H groups in total. The lowest BCUT2D eigenvalue weighted by Crippen LogP contribution is -2.14. The second-order valence-electron chi connectivity index (χ2n) is 5.42. The fourth-order valence-electron chi connectivity index (χ4n) is 2.38. The minimum absolute atomic E-state index is 0.102. The Morgan fingerprint density at radius 2 is 1.75 bits per heavy atom. The zero-order chi connectivity index (χ0) is 17.9. The van der Waals surface area contributed by atoms with E-state index in [1.807, 2.05) is 30.3 Å². The average molecular weight is 347 g/mol. The smallest absolute Gasteiger partial charge is 0.335 e. The summed E-state index contributed by atoms with van der Waals surface area (Å²) in [6.07, 6.45) is 1.26. The number of rotatable bonds is 5. The lowest BCUT2D eigenvalue weighted by molar-refractivity contribution is -0.114. The Kier molecular flexibility index (Phi) is 5.04. The summed E-state index contributed by atoms with van der Waals surface area (Å²) in [6, 6.07) is 11.5. The van der Waals surface area contributed by atoms with E-state index < -0.39 is 21.7 Å². The van der Waals surface area contributed by atoms with Crippen LogP contribution in [0.4, 0.5) is 5.69 Å². The van der Waals surface area contributed by atoms with Crippen molar-refractivity contribution in [2.24, 2.45) is 0 Å². The van der Waals surface area contributed by atoms with Crippen LogP contribution in [-0.2, 0) is 21.1 Å². The molecule has 0 aliphatic carbocycles.